The maximum absolute atomic E-state index is 3.49. The monoisotopic (exact) mass is 260 g/mol. The van der Waals surface area contributed by atoms with Gasteiger partial charge in [-0.15, -0.1) is 11.3 Å². The number of hydrogen-bond donors (Lipinski definition) is 2. The summed E-state index contributed by atoms with van der Waals surface area (Å²) in [6.45, 7) is 4.16. The lowest BCUT2D eigenvalue weighted by molar-refractivity contribution is 0.689. The first-order valence-electron chi connectivity index (χ1n) is 6.30. The molecule has 1 heterocycles. The number of nitrogens with one attached hydrogen (secondary N) is 2. The summed E-state index contributed by atoms with van der Waals surface area (Å²) in [6, 6.07) is 10.7. The van der Waals surface area contributed by atoms with Crippen molar-refractivity contribution in [1.82, 2.24) is 5.32 Å². The van der Waals surface area contributed by atoms with Crippen LogP contribution in [-0.2, 0) is 13.0 Å². The van der Waals surface area contributed by atoms with Crippen molar-refractivity contribution in [3.63, 3.8) is 0 Å². The number of rotatable bonds is 6. The Morgan fingerprint density at radius 3 is 2.50 bits per heavy atom. The van der Waals surface area contributed by atoms with E-state index < -0.39 is 0 Å². The zero-order valence-corrected chi connectivity index (χ0v) is 11.8. The summed E-state index contributed by atoms with van der Waals surface area (Å²) >= 11 is 1.85. The molecule has 2 aromatic rings. The highest BCUT2D eigenvalue weighted by Gasteiger charge is 1.99. The van der Waals surface area contributed by atoms with E-state index in [1.807, 2.05) is 18.4 Å². The molecule has 2 nitrogen and oxygen atoms in total. The molecule has 0 atom stereocenters. The molecule has 1 aromatic carbocycles. The molecule has 0 aliphatic carbocycles. The van der Waals surface area contributed by atoms with Crippen LogP contribution in [0.1, 0.15) is 16.0 Å². The quantitative estimate of drug-likeness (QED) is 0.778. The van der Waals surface area contributed by atoms with Crippen molar-refractivity contribution >= 4 is 17.0 Å². The van der Waals surface area contributed by atoms with Crippen molar-refractivity contribution in [3.8, 4) is 0 Å². The molecule has 0 saturated carbocycles. The lowest BCUT2D eigenvalue weighted by Gasteiger charge is -2.06. The molecule has 2 rings (SSSR count). The van der Waals surface area contributed by atoms with E-state index in [9.17, 15) is 0 Å². The van der Waals surface area contributed by atoms with Gasteiger partial charge in [0.1, 0.15) is 0 Å². The van der Waals surface area contributed by atoms with Crippen molar-refractivity contribution in [2.75, 3.05) is 18.9 Å². The van der Waals surface area contributed by atoms with Gasteiger partial charge in [0.2, 0.25) is 0 Å². The van der Waals surface area contributed by atoms with Gasteiger partial charge in [-0.3, -0.25) is 0 Å². The third kappa shape index (κ3) is 3.59. The minimum absolute atomic E-state index is 0.939. The van der Waals surface area contributed by atoms with Crippen LogP contribution in [0.2, 0.25) is 0 Å². The van der Waals surface area contributed by atoms with Crippen LogP contribution in [0.25, 0.3) is 0 Å². The Morgan fingerprint density at radius 2 is 1.89 bits per heavy atom. The first-order chi connectivity index (χ1) is 8.79. The second-order valence-electron chi connectivity index (χ2n) is 4.40. The van der Waals surface area contributed by atoms with Crippen LogP contribution in [0.5, 0.6) is 0 Å². The van der Waals surface area contributed by atoms with Crippen LogP contribution in [0, 0.1) is 6.92 Å². The summed E-state index contributed by atoms with van der Waals surface area (Å²) in [5.74, 6) is 0. The lowest BCUT2D eigenvalue weighted by Crippen LogP contribution is -2.16. The van der Waals surface area contributed by atoms with Gasteiger partial charge in [0, 0.05) is 30.7 Å². The van der Waals surface area contributed by atoms with Gasteiger partial charge >= 0.3 is 0 Å². The van der Waals surface area contributed by atoms with Gasteiger partial charge in [-0.2, -0.15) is 0 Å². The zero-order valence-electron chi connectivity index (χ0n) is 11.0. The highest BCUT2D eigenvalue weighted by atomic mass is 32.1. The fourth-order valence-electron chi connectivity index (χ4n) is 1.88. The van der Waals surface area contributed by atoms with Crippen molar-refractivity contribution in [3.05, 3.63) is 51.7 Å². The number of anilines is 1. The number of thiophene rings is 1. The first-order valence-corrected chi connectivity index (χ1v) is 7.18. The molecule has 96 valence electrons. The Kier molecular flexibility index (Phi) is 4.79. The van der Waals surface area contributed by atoms with Crippen molar-refractivity contribution in [2.24, 2.45) is 0 Å². The average Bonchev–Trinajstić information content (AvgIpc) is 2.81. The smallest absolute Gasteiger partial charge is 0.0337 e. The Bertz CT molecular complexity index is 473. The second kappa shape index (κ2) is 6.57. The zero-order chi connectivity index (χ0) is 12.8. The minimum atomic E-state index is 0.939. The standard InChI is InChI=1S/C15H20N2S/c1-12-8-10-18-15(12)7-9-17-11-13-3-5-14(16-2)6-4-13/h3-6,8,10,16-17H,7,9,11H2,1-2H3. The summed E-state index contributed by atoms with van der Waals surface area (Å²) in [7, 11) is 1.94. The summed E-state index contributed by atoms with van der Waals surface area (Å²) < 4.78 is 0. The average molecular weight is 260 g/mol. The van der Waals surface area contributed by atoms with Crippen molar-refractivity contribution in [2.45, 2.75) is 19.9 Å². The van der Waals surface area contributed by atoms with Crippen LogP contribution >= 0.6 is 11.3 Å². The van der Waals surface area contributed by atoms with Crippen LogP contribution < -0.4 is 10.6 Å². The maximum Gasteiger partial charge on any atom is 0.0337 e. The molecule has 0 spiro atoms. The maximum atomic E-state index is 3.49. The van der Waals surface area contributed by atoms with E-state index >= 15 is 0 Å². The molecular formula is C15H20N2S. The van der Waals surface area contributed by atoms with Crippen molar-refractivity contribution in [1.29, 1.82) is 0 Å². The molecule has 0 fully saturated rings. The fourth-order valence-corrected chi connectivity index (χ4v) is 2.79. The van der Waals surface area contributed by atoms with Crippen LogP contribution in [0.4, 0.5) is 5.69 Å². The van der Waals surface area contributed by atoms with E-state index in [0.717, 1.165) is 25.2 Å². The lowest BCUT2D eigenvalue weighted by atomic mass is 10.2. The SMILES string of the molecule is CNc1ccc(CNCCc2sccc2C)cc1. The molecule has 0 amide bonds. The predicted molar refractivity (Wildman–Crippen MR) is 80.5 cm³/mol. The van der Waals surface area contributed by atoms with Gasteiger partial charge in [-0.05, 0) is 48.1 Å². The highest BCUT2D eigenvalue weighted by Crippen LogP contribution is 2.15. The molecule has 0 bridgehead atoms. The second-order valence-corrected chi connectivity index (χ2v) is 5.40. The van der Waals surface area contributed by atoms with Gasteiger partial charge in [-0.25, -0.2) is 0 Å². The summed E-state index contributed by atoms with van der Waals surface area (Å²) in [5.41, 5.74) is 3.91. The predicted octanol–water partition coefficient (Wildman–Crippen LogP) is 3.43. The Hall–Kier alpha value is -1.32. The summed E-state index contributed by atoms with van der Waals surface area (Å²) in [6.07, 6.45) is 1.12. The molecular weight excluding hydrogens is 240 g/mol. The highest BCUT2D eigenvalue weighted by molar-refractivity contribution is 7.10. The molecule has 0 saturated heterocycles. The van der Waals surface area contributed by atoms with Gasteiger partial charge in [-0.1, -0.05) is 12.1 Å². The van der Waals surface area contributed by atoms with E-state index in [1.54, 1.807) is 0 Å². The minimum Gasteiger partial charge on any atom is -0.388 e. The van der Waals surface area contributed by atoms with E-state index in [4.69, 9.17) is 0 Å². The van der Waals surface area contributed by atoms with E-state index in [2.05, 4.69) is 53.3 Å². The van der Waals surface area contributed by atoms with Crippen LogP contribution in [0.3, 0.4) is 0 Å². The molecule has 2 N–H and O–H groups in total. The molecule has 0 radical (unpaired) electrons. The van der Waals surface area contributed by atoms with Gasteiger partial charge in [0.25, 0.3) is 0 Å². The Labute approximate surface area is 113 Å². The van der Waals surface area contributed by atoms with E-state index in [-0.39, 0.29) is 0 Å². The van der Waals surface area contributed by atoms with Crippen LogP contribution in [0.15, 0.2) is 35.7 Å². The van der Waals surface area contributed by atoms with E-state index in [1.165, 1.54) is 16.0 Å². The third-order valence-corrected chi connectivity index (χ3v) is 4.15. The largest absolute Gasteiger partial charge is 0.388 e. The molecule has 0 aliphatic rings. The third-order valence-electron chi connectivity index (χ3n) is 3.07. The number of aryl methyl sites for hydroxylation is 1. The summed E-state index contributed by atoms with van der Waals surface area (Å²) in [5, 5.41) is 8.79. The molecule has 18 heavy (non-hydrogen) atoms. The summed E-state index contributed by atoms with van der Waals surface area (Å²) in [4.78, 5) is 1.49. The molecule has 1 aromatic heterocycles. The number of benzene rings is 1. The number of hydrogen-bond acceptors (Lipinski definition) is 3. The topological polar surface area (TPSA) is 24.1 Å². The Balaban J connectivity index is 1.73. The van der Waals surface area contributed by atoms with E-state index in [0.29, 0.717) is 0 Å². The van der Waals surface area contributed by atoms with Crippen molar-refractivity contribution < 1.29 is 0 Å². The van der Waals surface area contributed by atoms with Gasteiger partial charge in [0.05, 0.1) is 0 Å². The molecule has 0 aliphatic heterocycles. The normalized spacial score (nSPS) is 10.6. The fraction of sp³-hybridized carbons (Fsp3) is 0.333. The molecule has 0 unspecified atom stereocenters. The van der Waals surface area contributed by atoms with Gasteiger partial charge in [0.15, 0.2) is 0 Å². The van der Waals surface area contributed by atoms with Crippen LogP contribution in [-0.4, -0.2) is 13.6 Å². The first kappa shape index (κ1) is 13.1. The van der Waals surface area contributed by atoms with Gasteiger partial charge < -0.3 is 10.6 Å². The Morgan fingerprint density at radius 1 is 1.11 bits per heavy atom. The molecule has 3 heteroatoms.